The molecular weight excluding hydrogens is 368 g/mol. The molecule has 0 amide bonds. The van der Waals surface area contributed by atoms with Gasteiger partial charge in [0.2, 0.25) is 10.0 Å². The Morgan fingerprint density at radius 2 is 1.29 bits per heavy atom. The summed E-state index contributed by atoms with van der Waals surface area (Å²) in [7, 11) is -3.77. The number of pyridine rings is 1. The SMILES string of the molecule is Cc1c(C)c(C)c(S(=O)(=O)N[C@@H](c2ccccc2)c2ccccn2)c(C)c1C. The third kappa shape index (κ3) is 3.73. The van der Waals surface area contributed by atoms with Gasteiger partial charge in [0.25, 0.3) is 0 Å². The van der Waals surface area contributed by atoms with Crippen LogP contribution in [0, 0.1) is 34.6 Å². The second-order valence-corrected chi connectivity index (χ2v) is 8.82. The number of benzene rings is 2. The zero-order valence-corrected chi connectivity index (χ0v) is 17.8. The summed E-state index contributed by atoms with van der Waals surface area (Å²) in [6.07, 6.45) is 1.68. The van der Waals surface area contributed by atoms with E-state index in [2.05, 4.69) is 9.71 Å². The van der Waals surface area contributed by atoms with E-state index in [-0.39, 0.29) is 0 Å². The maximum absolute atomic E-state index is 13.5. The average Bonchev–Trinajstić information content (AvgIpc) is 2.70. The largest absolute Gasteiger partial charge is 0.259 e. The molecule has 1 atom stereocenters. The number of rotatable bonds is 5. The molecule has 0 saturated heterocycles. The molecule has 0 bridgehead atoms. The maximum atomic E-state index is 13.5. The van der Waals surface area contributed by atoms with Crippen molar-refractivity contribution < 1.29 is 8.42 Å². The Hall–Kier alpha value is -2.50. The van der Waals surface area contributed by atoms with Gasteiger partial charge in [-0.25, -0.2) is 8.42 Å². The number of hydrogen-bond donors (Lipinski definition) is 1. The number of aromatic nitrogens is 1. The minimum atomic E-state index is -3.77. The molecule has 0 fully saturated rings. The van der Waals surface area contributed by atoms with E-state index in [1.807, 2.05) is 83.1 Å². The summed E-state index contributed by atoms with van der Waals surface area (Å²) in [6.45, 7) is 9.74. The van der Waals surface area contributed by atoms with Crippen LogP contribution in [0.2, 0.25) is 0 Å². The minimum absolute atomic E-state index is 0.366. The zero-order valence-electron chi connectivity index (χ0n) is 16.9. The van der Waals surface area contributed by atoms with E-state index in [1.165, 1.54) is 0 Å². The highest BCUT2D eigenvalue weighted by atomic mass is 32.2. The fraction of sp³-hybridized carbons (Fsp3) is 0.261. The lowest BCUT2D eigenvalue weighted by Crippen LogP contribution is -2.31. The van der Waals surface area contributed by atoms with Gasteiger partial charge >= 0.3 is 0 Å². The molecule has 1 aromatic heterocycles. The Balaban J connectivity index is 2.14. The summed E-state index contributed by atoms with van der Waals surface area (Å²) in [4.78, 5) is 4.77. The number of sulfonamides is 1. The average molecular weight is 395 g/mol. The van der Waals surface area contributed by atoms with Gasteiger partial charge in [-0.2, -0.15) is 4.72 Å². The Labute approximate surface area is 167 Å². The molecule has 0 spiro atoms. The first-order valence-corrected chi connectivity index (χ1v) is 10.8. The van der Waals surface area contributed by atoms with E-state index >= 15 is 0 Å². The third-order valence-electron chi connectivity index (χ3n) is 5.59. The highest BCUT2D eigenvalue weighted by molar-refractivity contribution is 7.89. The summed E-state index contributed by atoms with van der Waals surface area (Å²) in [6, 6.07) is 14.5. The second-order valence-electron chi connectivity index (χ2n) is 7.17. The van der Waals surface area contributed by atoms with Crippen LogP contribution in [0.3, 0.4) is 0 Å². The van der Waals surface area contributed by atoms with Gasteiger partial charge < -0.3 is 0 Å². The number of nitrogens with one attached hydrogen (secondary N) is 1. The summed E-state index contributed by atoms with van der Waals surface area (Å²) in [5, 5.41) is 0. The first-order valence-electron chi connectivity index (χ1n) is 9.29. The molecule has 0 aliphatic rings. The van der Waals surface area contributed by atoms with E-state index < -0.39 is 16.1 Å². The maximum Gasteiger partial charge on any atom is 0.242 e. The molecule has 3 rings (SSSR count). The summed E-state index contributed by atoms with van der Waals surface area (Å²) < 4.78 is 29.9. The Bertz CT molecular complexity index is 1020. The smallest absolute Gasteiger partial charge is 0.242 e. The molecule has 146 valence electrons. The summed E-state index contributed by atoms with van der Waals surface area (Å²) in [5.74, 6) is 0. The van der Waals surface area contributed by atoms with Gasteiger partial charge in [0, 0.05) is 6.20 Å². The Morgan fingerprint density at radius 1 is 0.750 bits per heavy atom. The van der Waals surface area contributed by atoms with Gasteiger partial charge in [0.05, 0.1) is 16.6 Å². The molecule has 1 N–H and O–H groups in total. The Kier molecular flexibility index (Phi) is 5.68. The lowest BCUT2D eigenvalue weighted by Gasteiger charge is -2.23. The van der Waals surface area contributed by atoms with E-state index in [1.54, 1.807) is 6.20 Å². The van der Waals surface area contributed by atoms with E-state index in [0.29, 0.717) is 10.6 Å². The molecule has 1 heterocycles. The van der Waals surface area contributed by atoms with Crippen LogP contribution < -0.4 is 4.72 Å². The van der Waals surface area contributed by atoms with Gasteiger partial charge in [-0.05, 0) is 80.1 Å². The third-order valence-corrected chi connectivity index (χ3v) is 7.29. The van der Waals surface area contributed by atoms with Crippen molar-refractivity contribution in [2.75, 3.05) is 0 Å². The molecule has 5 heteroatoms. The van der Waals surface area contributed by atoms with Crippen molar-refractivity contribution in [3.63, 3.8) is 0 Å². The second kappa shape index (κ2) is 7.86. The van der Waals surface area contributed by atoms with Crippen molar-refractivity contribution in [2.45, 2.75) is 45.6 Å². The van der Waals surface area contributed by atoms with Crippen molar-refractivity contribution in [1.82, 2.24) is 9.71 Å². The van der Waals surface area contributed by atoms with E-state index in [0.717, 1.165) is 33.4 Å². The van der Waals surface area contributed by atoms with Crippen LogP contribution in [0.1, 0.15) is 45.1 Å². The normalized spacial score (nSPS) is 12.8. The van der Waals surface area contributed by atoms with Crippen LogP contribution >= 0.6 is 0 Å². The fourth-order valence-corrected chi connectivity index (χ4v) is 5.37. The van der Waals surface area contributed by atoms with Crippen molar-refractivity contribution in [2.24, 2.45) is 0 Å². The quantitative estimate of drug-likeness (QED) is 0.683. The van der Waals surface area contributed by atoms with Crippen molar-refractivity contribution in [3.8, 4) is 0 Å². The van der Waals surface area contributed by atoms with Gasteiger partial charge in [-0.15, -0.1) is 0 Å². The van der Waals surface area contributed by atoms with Crippen LogP contribution in [-0.2, 0) is 10.0 Å². The van der Waals surface area contributed by atoms with Crippen molar-refractivity contribution in [3.05, 3.63) is 93.8 Å². The molecule has 4 nitrogen and oxygen atoms in total. The molecule has 0 unspecified atom stereocenters. The lowest BCUT2D eigenvalue weighted by molar-refractivity contribution is 0.568. The zero-order chi connectivity index (χ0) is 20.5. The fourth-order valence-electron chi connectivity index (χ4n) is 3.57. The van der Waals surface area contributed by atoms with Crippen LogP contribution in [0.25, 0.3) is 0 Å². The van der Waals surface area contributed by atoms with Crippen molar-refractivity contribution >= 4 is 10.0 Å². The Morgan fingerprint density at radius 3 is 1.82 bits per heavy atom. The van der Waals surface area contributed by atoms with Crippen molar-refractivity contribution in [1.29, 1.82) is 0 Å². The molecule has 0 aliphatic carbocycles. The lowest BCUT2D eigenvalue weighted by atomic mass is 9.95. The van der Waals surface area contributed by atoms with Crippen LogP contribution in [0.4, 0.5) is 0 Å². The molecule has 0 radical (unpaired) electrons. The van der Waals surface area contributed by atoms with Gasteiger partial charge in [-0.3, -0.25) is 4.98 Å². The van der Waals surface area contributed by atoms with Crippen LogP contribution in [-0.4, -0.2) is 13.4 Å². The van der Waals surface area contributed by atoms with E-state index in [4.69, 9.17) is 0 Å². The first kappa shape index (κ1) is 20.2. The van der Waals surface area contributed by atoms with E-state index in [9.17, 15) is 8.42 Å². The van der Waals surface area contributed by atoms with Crippen LogP contribution in [0.15, 0.2) is 59.6 Å². The monoisotopic (exact) mass is 394 g/mol. The molecule has 0 aliphatic heterocycles. The molecule has 3 aromatic rings. The molecule has 0 saturated carbocycles. The predicted octanol–water partition coefficient (Wildman–Crippen LogP) is 4.69. The minimum Gasteiger partial charge on any atom is -0.259 e. The number of hydrogen-bond acceptors (Lipinski definition) is 3. The van der Waals surface area contributed by atoms with Gasteiger partial charge in [0.1, 0.15) is 0 Å². The predicted molar refractivity (Wildman–Crippen MR) is 113 cm³/mol. The molecule has 2 aromatic carbocycles. The topological polar surface area (TPSA) is 59.1 Å². The molecular formula is C23H26N2O2S. The molecule has 28 heavy (non-hydrogen) atoms. The summed E-state index contributed by atoms with van der Waals surface area (Å²) in [5.41, 5.74) is 6.25. The summed E-state index contributed by atoms with van der Waals surface area (Å²) >= 11 is 0. The van der Waals surface area contributed by atoms with Crippen LogP contribution in [0.5, 0.6) is 0 Å². The first-order chi connectivity index (χ1) is 13.2. The number of nitrogens with zero attached hydrogens (tertiary/aromatic N) is 1. The standard InChI is InChI=1S/C23H26N2O2S/c1-15-16(2)18(4)23(19(5)17(15)3)28(26,27)25-22(20-11-7-6-8-12-20)21-13-9-10-14-24-21/h6-14,22,25H,1-5H3/t22-/m0/s1. The highest BCUT2D eigenvalue weighted by Gasteiger charge is 2.28. The highest BCUT2D eigenvalue weighted by Crippen LogP contribution is 2.31. The van der Waals surface area contributed by atoms with Gasteiger partial charge in [-0.1, -0.05) is 36.4 Å². The van der Waals surface area contributed by atoms with Gasteiger partial charge in [0.15, 0.2) is 0 Å².